The molecule has 3 rings (SSSR count). The van der Waals surface area contributed by atoms with Gasteiger partial charge in [-0.3, -0.25) is 9.78 Å². The number of fused-ring (bicyclic) bond motifs is 1. The van der Waals surface area contributed by atoms with E-state index < -0.39 is 0 Å². The van der Waals surface area contributed by atoms with E-state index in [2.05, 4.69) is 10.3 Å². The molecule has 1 heterocycles. The molecule has 0 spiro atoms. The van der Waals surface area contributed by atoms with Gasteiger partial charge in [0.15, 0.2) is 11.5 Å². The average Bonchev–Trinajstić information content (AvgIpc) is 2.66. The fraction of sp³-hybridized carbons (Fsp3) is 0.143. The first-order valence-electron chi connectivity index (χ1n) is 8.18. The van der Waals surface area contributed by atoms with E-state index in [-0.39, 0.29) is 5.91 Å². The van der Waals surface area contributed by atoms with E-state index in [1.807, 2.05) is 49.4 Å². The number of pyridine rings is 1. The van der Waals surface area contributed by atoms with Crippen LogP contribution in [-0.4, -0.2) is 25.1 Å². The van der Waals surface area contributed by atoms with Gasteiger partial charge in [-0.25, -0.2) is 0 Å². The molecule has 5 heteroatoms. The van der Waals surface area contributed by atoms with Crippen molar-refractivity contribution in [1.29, 1.82) is 0 Å². The number of carbonyl (C=O) groups is 1. The molecule has 0 aliphatic rings. The lowest BCUT2D eigenvalue weighted by Gasteiger charge is -2.08. The molecular formula is C21H20N2O3. The number of amides is 1. The van der Waals surface area contributed by atoms with E-state index in [0.29, 0.717) is 17.2 Å². The van der Waals surface area contributed by atoms with Crippen molar-refractivity contribution < 1.29 is 14.3 Å². The molecule has 3 aromatic rings. The van der Waals surface area contributed by atoms with Crippen LogP contribution in [-0.2, 0) is 4.79 Å². The lowest BCUT2D eigenvalue weighted by atomic mass is 10.1. The summed E-state index contributed by atoms with van der Waals surface area (Å²) < 4.78 is 10.5. The molecule has 0 aliphatic carbocycles. The quantitative estimate of drug-likeness (QED) is 0.702. The van der Waals surface area contributed by atoms with Gasteiger partial charge in [-0.15, -0.1) is 0 Å². The minimum absolute atomic E-state index is 0.226. The second-order valence-corrected chi connectivity index (χ2v) is 5.77. The summed E-state index contributed by atoms with van der Waals surface area (Å²) in [4.78, 5) is 16.8. The summed E-state index contributed by atoms with van der Waals surface area (Å²) in [5.74, 6) is 1.03. The Morgan fingerprint density at radius 2 is 1.85 bits per heavy atom. The predicted molar refractivity (Wildman–Crippen MR) is 104 cm³/mol. The highest BCUT2D eigenvalue weighted by Gasteiger charge is 2.06. The lowest BCUT2D eigenvalue weighted by Crippen LogP contribution is -2.08. The first kappa shape index (κ1) is 17.5. The summed E-state index contributed by atoms with van der Waals surface area (Å²) in [5, 5.41) is 3.87. The van der Waals surface area contributed by atoms with Crippen molar-refractivity contribution >= 4 is 28.6 Å². The maximum absolute atomic E-state index is 12.3. The highest BCUT2D eigenvalue weighted by Crippen LogP contribution is 2.28. The molecule has 0 fully saturated rings. The van der Waals surface area contributed by atoms with Crippen LogP contribution in [0.4, 0.5) is 5.69 Å². The van der Waals surface area contributed by atoms with Crippen LogP contribution in [0.25, 0.3) is 17.0 Å². The summed E-state index contributed by atoms with van der Waals surface area (Å²) in [7, 11) is 3.16. The van der Waals surface area contributed by atoms with Crippen LogP contribution < -0.4 is 14.8 Å². The maximum Gasteiger partial charge on any atom is 0.248 e. The Morgan fingerprint density at radius 3 is 2.62 bits per heavy atom. The van der Waals surface area contributed by atoms with Gasteiger partial charge < -0.3 is 14.8 Å². The Kier molecular flexibility index (Phi) is 5.17. The van der Waals surface area contributed by atoms with Crippen LogP contribution in [0.1, 0.15) is 11.3 Å². The fourth-order valence-electron chi connectivity index (χ4n) is 2.65. The first-order valence-corrected chi connectivity index (χ1v) is 8.18. The number of aromatic nitrogens is 1. The number of nitrogens with one attached hydrogen (secondary N) is 1. The number of benzene rings is 2. The Morgan fingerprint density at radius 1 is 1.04 bits per heavy atom. The Labute approximate surface area is 152 Å². The molecule has 2 aromatic carbocycles. The molecule has 0 unspecified atom stereocenters. The van der Waals surface area contributed by atoms with Gasteiger partial charge in [-0.2, -0.15) is 0 Å². The number of methoxy groups -OCH3 is 2. The van der Waals surface area contributed by atoms with Gasteiger partial charge in [0.25, 0.3) is 0 Å². The number of ether oxygens (including phenoxy) is 2. The van der Waals surface area contributed by atoms with Crippen LogP contribution >= 0.6 is 0 Å². The van der Waals surface area contributed by atoms with Crippen LogP contribution in [0.2, 0.25) is 0 Å². The molecule has 1 aromatic heterocycles. The zero-order chi connectivity index (χ0) is 18.5. The van der Waals surface area contributed by atoms with E-state index in [0.717, 1.165) is 22.2 Å². The van der Waals surface area contributed by atoms with E-state index in [9.17, 15) is 4.79 Å². The minimum Gasteiger partial charge on any atom is -0.493 e. The molecule has 1 N–H and O–H groups in total. The molecule has 0 atom stereocenters. The average molecular weight is 348 g/mol. The first-order chi connectivity index (χ1) is 12.6. The van der Waals surface area contributed by atoms with Crippen LogP contribution in [0.3, 0.4) is 0 Å². The van der Waals surface area contributed by atoms with Gasteiger partial charge in [0.1, 0.15) is 0 Å². The number of hydrogen-bond acceptors (Lipinski definition) is 4. The highest BCUT2D eigenvalue weighted by atomic mass is 16.5. The van der Waals surface area contributed by atoms with Crippen LogP contribution in [0, 0.1) is 6.92 Å². The van der Waals surface area contributed by atoms with Gasteiger partial charge in [0, 0.05) is 17.2 Å². The van der Waals surface area contributed by atoms with Crippen molar-refractivity contribution in [3.63, 3.8) is 0 Å². The smallest absolute Gasteiger partial charge is 0.248 e. The van der Waals surface area contributed by atoms with E-state index in [1.165, 1.54) is 6.08 Å². The Balaban J connectivity index is 1.79. The minimum atomic E-state index is -0.226. The summed E-state index contributed by atoms with van der Waals surface area (Å²) in [6.45, 7) is 1.93. The van der Waals surface area contributed by atoms with E-state index in [1.54, 1.807) is 26.4 Å². The summed E-state index contributed by atoms with van der Waals surface area (Å²) in [6, 6.07) is 15.1. The number of anilines is 1. The molecule has 132 valence electrons. The van der Waals surface area contributed by atoms with Crippen molar-refractivity contribution in [2.45, 2.75) is 6.92 Å². The highest BCUT2D eigenvalue weighted by molar-refractivity contribution is 6.06. The number of rotatable bonds is 5. The molecule has 0 radical (unpaired) electrons. The molecule has 0 bridgehead atoms. The van der Waals surface area contributed by atoms with Gasteiger partial charge in [0.2, 0.25) is 5.91 Å². The Hall–Kier alpha value is -3.34. The van der Waals surface area contributed by atoms with Gasteiger partial charge in [-0.05, 0) is 42.8 Å². The predicted octanol–water partition coefficient (Wildman–Crippen LogP) is 4.21. The fourth-order valence-corrected chi connectivity index (χ4v) is 2.65. The lowest BCUT2D eigenvalue weighted by molar-refractivity contribution is -0.111. The van der Waals surface area contributed by atoms with Crippen molar-refractivity contribution in [1.82, 2.24) is 4.98 Å². The third-order valence-corrected chi connectivity index (χ3v) is 3.95. The van der Waals surface area contributed by atoms with Crippen molar-refractivity contribution in [3.8, 4) is 11.5 Å². The van der Waals surface area contributed by atoms with E-state index >= 15 is 0 Å². The molecule has 0 aliphatic heterocycles. The van der Waals surface area contributed by atoms with Gasteiger partial charge >= 0.3 is 0 Å². The molecule has 1 amide bonds. The van der Waals surface area contributed by atoms with Crippen molar-refractivity contribution in [3.05, 3.63) is 65.9 Å². The van der Waals surface area contributed by atoms with Gasteiger partial charge in [-0.1, -0.05) is 24.3 Å². The largest absolute Gasteiger partial charge is 0.493 e. The number of hydrogen-bond donors (Lipinski definition) is 1. The SMILES string of the molecule is COc1ccc(/C=C/C(=O)Nc2cccc3ccc(C)nc23)cc1OC. The Bertz CT molecular complexity index is 980. The van der Waals surface area contributed by atoms with E-state index in [4.69, 9.17) is 9.47 Å². The standard InChI is InChI=1S/C21H20N2O3/c1-14-7-10-16-5-4-6-17(21(16)22-14)23-20(24)12-9-15-8-11-18(25-2)19(13-15)26-3/h4-13H,1-3H3,(H,23,24)/b12-9+. The topological polar surface area (TPSA) is 60.5 Å². The second kappa shape index (κ2) is 7.70. The number of nitrogens with zero attached hydrogens (tertiary/aromatic N) is 1. The summed E-state index contributed by atoms with van der Waals surface area (Å²) >= 11 is 0. The number of carbonyl (C=O) groups excluding carboxylic acids is 1. The second-order valence-electron chi connectivity index (χ2n) is 5.77. The monoisotopic (exact) mass is 348 g/mol. The molecule has 0 saturated carbocycles. The van der Waals surface area contributed by atoms with Crippen molar-refractivity contribution in [2.24, 2.45) is 0 Å². The van der Waals surface area contributed by atoms with Gasteiger partial charge in [0.05, 0.1) is 25.4 Å². The zero-order valence-corrected chi connectivity index (χ0v) is 14.9. The van der Waals surface area contributed by atoms with Crippen LogP contribution in [0.5, 0.6) is 11.5 Å². The van der Waals surface area contributed by atoms with Crippen LogP contribution in [0.15, 0.2) is 54.6 Å². The molecule has 5 nitrogen and oxygen atoms in total. The molecule has 0 saturated heterocycles. The number of para-hydroxylation sites is 1. The normalized spacial score (nSPS) is 10.9. The third kappa shape index (κ3) is 3.83. The summed E-state index contributed by atoms with van der Waals surface area (Å²) in [6.07, 6.45) is 3.21. The molecule has 26 heavy (non-hydrogen) atoms. The molecular weight excluding hydrogens is 328 g/mol. The van der Waals surface area contributed by atoms with Crippen molar-refractivity contribution in [2.75, 3.05) is 19.5 Å². The third-order valence-electron chi connectivity index (χ3n) is 3.95. The zero-order valence-electron chi connectivity index (χ0n) is 14.9. The summed E-state index contributed by atoms with van der Waals surface area (Å²) in [5.41, 5.74) is 3.21. The maximum atomic E-state index is 12.3. The number of aryl methyl sites for hydroxylation is 1.